The third-order valence-corrected chi connectivity index (χ3v) is 1.34. The van der Waals surface area contributed by atoms with Crippen LogP contribution < -0.4 is 10.6 Å². The van der Waals surface area contributed by atoms with E-state index in [1.54, 1.807) is 0 Å². The van der Waals surface area contributed by atoms with Crippen molar-refractivity contribution in [3.05, 3.63) is 0 Å². The third-order valence-electron chi connectivity index (χ3n) is 1.34. The van der Waals surface area contributed by atoms with Gasteiger partial charge in [-0.15, -0.1) is 0 Å². The van der Waals surface area contributed by atoms with Gasteiger partial charge in [0.1, 0.15) is 0 Å². The van der Waals surface area contributed by atoms with Crippen LogP contribution in [0.15, 0.2) is 0 Å². The van der Waals surface area contributed by atoms with Gasteiger partial charge >= 0.3 is 0 Å². The van der Waals surface area contributed by atoms with Crippen LogP contribution in [0.5, 0.6) is 0 Å². The van der Waals surface area contributed by atoms with Gasteiger partial charge in [-0.25, -0.2) is 0 Å². The zero-order valence-corrected chi connectivity index (χ0v) is 4.90. The summed E-state index contributed by atoms with van der Waals surface area (Å²) in [5, 5.41) is 5.72. The summed E-state index contributed by atoms with van der Waals surface area (Å²) in [6, 6.07) is 0. The van der Waals surface area contributed by atoms with E-state index in [0.29, 0.717) is 6.42 Å². The Hall–Kier alpha value is -0.570. The van der Waals surface area contributed by atoms with E-state index >= 15 is 0 Å². The molecule has 0 bridgehead atoms. The maximum atomic E-state index is 10.5. The number of hydrogen-bond acceptors (Lipinski definition) is 2. The highest BCUT2D eigenvalue weighted by atomic mass is 16.2. The van der Waals surface area contributed by atoms with Crippen molar-refractivity contribution in [2.75, 3.05) is 7.05 Å². The van der Waals surface area contributed by atoms with Crippen LogP contribution >= 0.6 is 0 Å². The average Bonchev–Trinajstić information content (AvgIpc) is 2.14. The largest absolute Gasteiger partial charge is 0.341 e. The van der Waals surface area contributed by atoms with Crippen LogP contribution in [0, 0.1) is 0 Å². The predicted octanol–water partition coefficient (Wildman–Crippen LogP) is -0.558. The van der Waals surface area contributed by atoms with Crippen molar-refractivity contribution in [1.82, 2.24) is 10.6 Å². The molecule has 0 unspecified atom stereocenters. The van der Waals surface area contributed by atoms with Crippen molar-refractivity contribution < 1.29 is 4.79 Å². The molecule has 1 aliphatic rings. The molecule has 0 aromatic rings. The van der Waals surface area contributed by atoms with Crippen molar-refractivity contribution in [3.8, 4) is 0 Å². The van der Waals surface area contributed by atoms with Crippen LogP contribution in [0.25, 0.3) is 0 Å². The van der Waals surface area contributed by atoms with Crippen LogP contribution in [0.3, 0.4) is 0 Å². The number of nitrogens with one attached hydrogen (secondary N) is 2. The van der Waals surface area contributed by atoms with Gasteiger partial charge in [-0.05, 0) is 13.5 Å². The highest BCUT2D eigenvalue weighted by Gasteiger charge is 2.17. The van der Waals surface area contributed by atoms with Crippen LogP contribution in [0.4, 0.5) is 0 Å². The Bertz CT molecular complexity index is 103. The van der Waals surface area contributed by atoms with Crippen LogP contribution in [0.1, 0.15) is 12.8 Å². The Morgan fingerprint density at radius 2 is 2.62 bits per heavy atom. The molecule has 1 heterocycles. The van der Waals surface area contributed by atoms with E-state index in [1.807, 2.05) is 7.05 Å². The lowest BCUT2D eigenvalue weighted by Gasteiger charge is -2.05. The minimum absolute atomic E-state index is 0.157. The van der Waals surface area contributed by atoms with Gasteiger partial charge in [0.25, 0.3) is 0 Å². The summed E-state index contributed by atoms with van der Waals surface area (Å²) in [6.45, 7) is 0. The maximum absolute atomic E-state index is 10.5. The molecule has 1 fully saturated rings. The lowest BCUT2D eigenvalue weighted by Crippen LogP contribution is -2.36. The molecular formula is C5H10N2O. The molecule has 0 spiro atoms. The molecule has 0 aromatic carbocycles. The summed E-state index contributed by atoms with van der Waals surface area (Å²) in [6.07, 6.45) is 1.82. The Kier molecular flexibility index (Phi) is 1.48. The third kappa shape index (κ3) is 0.980. The number of carbonyl (C=O) groups excluding carboxylic acids is 1. The second kappa shape index (κ2) is 2.13. The van der Waals surface area contributed by atoms with Crippen molar-refractivity contribution in [3.63, 3.8) is 0 Å². The molecule has 1 atom stereocenters. The number of hydrogen-bond donors (Lipinski definition) is 2. The summed E-state index contributed by atoms with van der Waals surface area (Å²) in [7, 11) is 1.84. The van der Waals surface area contributed by atoms with Gasteiger partial charge in [0, 0.05) is 6.42 Å². The van der Waals surface area contributed by atoms with Crippen molar-refractivity contribution in [1.29, 1.82) is 0 Å². The van der Waals surface area contributed by atoms with E-state index in [2.05, 4.69) is 10.6 Å². The first-order chi connectivity index (χ1) is 3.83. The normalized spacial score (nSPS) is 28.1. The number of carbonyl (C=O) groups is 1. The van der Waals surface area contributed by atoms with Crippen molar-refractivity contribution in [2.45, 2.75) is 19.0 Å². The monoisotopic (exact) mass is 114 g/mol. The maximum Gasteiger partial charge on any atom is 0.221 e. The second-order valence-electron chi connectivity index (χ2n) is 1.95. The fourth-order valence-corrected chi connectivity index (χ4v) is 0.831. The molecule has 0 saturated carbocycles. The van der Waals surface area contributed by atoms with Crippen molar-refractivity contribution >= 4 is 5.91 Å². The molecule has 1 amide bonds. The minimum Gasteiger partial charge on any atom is -0.341 e. The Morgan fingerprint density at radius 3 is 2.88 bits per heavy atom. The SMILES string of the molecule is CN[C@@H]1CCC(=O)N1. The zero-order chi connectivity index (χ0) is 5.98. The number of rotatable bonds is 1. The molecule has 0 radical (unpaired) electrons. The molecule has 2 N–H and O–H groups in total. The first-order valence-corrected chi connectivity index (χ1v) is 2.79. The van der Waals surface area contributed by atoms with Gasteiger partial charge in [0.15, 0.2) is 0 Å². The lowest BCUT2D eigenvalue weighted by atomic mass is 10.3. The van der Waals surface area contributed by atoms with E-state index < -0.39 is 0 Å². The average molecular weight is 114 g/mol. The van der Waals surface area contributed by atoms with Gasteiger partial charge in [0.05, 0.1) is 6.17 Å². The van der Waals surface area contributed by atoms with E-state index in [1.165, 1.54) is 0 Å². The molecule has 46 valence electrons. The van der Waals surface area contributed by atoms with Gasteiger partial charge < -0.3 is 10.6 Å². The minimum atomic E-state index is 0.157. The first kappa shape index (κ1) is 5.56. The van der Waals surface area contributed by atoms with Crippen LogP contribution in [-0.4, -0.2) is 19.1 Å². The summed E-state index contributed by atoms with van der Waals surface area (Å²) in [5.74, 6) is 0.157. The second-order valence-corrected chi connectivity index (χ2v) is 1.95. The number of amides is 1. The molecular weight excluding hydrogens is 104 g/mol. The Balaban J connectivity index is 2.32. The summed E-state index contributed by atoms with van der Waals surface area (Å²) in [5.41, 5.74) is 0. The van der Waals surface area contributed by atoms with Gasteiger partial charge in [-0.2, -0.15) is 0 Å². The van der Waals surface area contributed by atoms with E-state index in [4.69, 9.17) is 0 Å². The Labute approximate surface area is 48.5 Å². The van der Waals surface area contributed by atoms with E-state index in [9.17, 15) is 4.79 Å². The topological polar surface area (TPSA) is 41.1 Å². The van der Waals surface area contributed by atoms with Crippen LogP contribution in [-0.2, 0) is 4.79 Å². The molecule has 1 aliphatic heterocycles. The molecule has 1 rings (SSSR count). The fourth-order valence-electron chi connectivity index (χ4n) is 0.831. The highest BCUT2D eigenvalue weighted by molar-refractivity contribution is 5.78. The molecule has 3 nitrogen and oxygen atoms in total. The predicted molar refractivity (Wildman–Crippen MR) is 30.2 cm³/mol. The molecule has 3 heteroatoms. The van der Waals surface area contributed by atoms with Gasteiger partial charge in [0.2, 0.25) is 5.91 Å². The Morgan fingerprint density at radius 1 is 1.88 bits per heavy atom. The first-order valence-electron chi connectivity index (χ1n) is 2.79. The summed E-state index contributed by atoms with van der Waals surface area (Å²) >= 11 is 0. The molecule has 1 saturated heterocycles. The summed E-state index contributed by atoms with van der Waals surface area (Å²) in [4.78, 5) is 10.5. The van der Waals surface area contributed by atoms with Gasteiger partial charge in [-0.3, -0.25) is 4.79 Å². The molecule has 0 aromatic heterocycles. The standard InChI is InChI=1S/C5H10N2O/c1-6-4-2-3-5(8)7-4/h4,6H,2-3H2,1H3,(H,7,8)/t4-/m0/s1. The van der Waals surface area contributed by atoms with Gasteiger partial charge in [-0.1, -0.05) is 0 Å². The molecule has 8 heavy (non-hydrogen) atoms. The van der Waals surface area contributed by atoms with E-state index in [0.717, 1.165) is 6.42 Å². The van der Waals surface area contributed by atoms with E-state index in [-0.39, 0.29) is 12.1 Å². The quantitative estimate of drug-likeness (QED) is 0.480. The zero-order valence-electron chi connectivity index (χ0n) is 4.90. The molecule has 0 aliphatic carbocycles. The summed E-state index contributed by atoms with van der Waals surface area (Å²) < 4.78 is 0. The fraction of sp³-hybridized carbons (Fsp3) is 0.800. The van der Waals surface area contributed by atoms with Crippen LogP contribution in [0.2, 0.25) is 0 Å². The highest BCUT2D eigenvalue weighted by Crippen LogP contribution is 2.01. The van der Waals surface area contributed by atoms with Crippen molar-refractivity contribution in [2.24, 2.45) is 0 Å². The lowest BCUT2D eigenvalue weighted by molar-refractivity contribution is -0.119. The smallest absolute Gasteiger partial charge is 0.221 e.